The first-order valence-corrected chi connectivity index (χ1v) is 3.57. The lowest BCUT2D eigenvalue weighted by atomic mass is 10.1. The van der Waals surface area contributed by atoms with Crippen LogP contribution in [0.1, 0.15) is 11.6 Å². The average Bonchev–Trinajstić information content (AvgIpc) is 2.01. The van der Waals surface area contributed by atoms with Gasteiger partial charge in [0.25, 0.3) is 6.43 Å². The molecule has 5 heteroatoms. The third-order valence-corrected chi connectivity index (χ3v) is 1.58. The predicted molar refractivity (Wildman–Crippen MR) is 42.7 cm³/mol. The van der Waals surface area contributed by atoms with E-state index in [4.69, 9.17) is 15.9 Å². The highest BCUT2D eigenvalue weighted by Gasteiger charge is 2.18. The Kier molecular flexibility index (Phi) is 2.67. The van der Waals surface area contributed by atoms with E-state index in [2.05, 4.69) is 0 Å². The van der Waals surface area contributed by atoms with Crippen LogP contribution >= 0.6 is 0 Å². The van der Waals surface area contributed by atoms with Crippen LogP contribution < -0.4 is 5.73 Å². The maximum Gasteiger partial charge on any atom is 0.257 e. The number of rotatable bonds is 2. The predicted octanol–water partition coefficient (Wildman–Crippen LogP) is 1.36. The maximum atomic E-state index is 12.1. The summed E-state index contributed by atoms with van der Waals surface area (Å²) in [4.78, 5) is 0. The van der Waals surface area contributed by atoms with Gasteiger partial charge in [0.1, 0.15) is 11.5 Å². The maximum absolute atomic E-state index is 12.1. The first kappa shape index (κ1) is 9.73. The third kappa shape index (κ3) is 2.29. The Morgan fingerprint density at radius 3 is 1.92 bits per heavy atom. The summed E-state index contributed by atoms with van der Waals surface area (Å²) in [6.45, 7) is 0. The van der Waals surface area contributed by atoms with Gasteiger partial charge in [-0.1, -0.05) is 0 Å². The Balaban J connectivity index is 3.01. The Morgan fingerprint density at radius 2 is 1.54 bits per heavy atom. The number of hydrogen-bond acceptors (Lipinski definition) is 3. The molecular weight excluding hydrogens is 180 g/mol. The molecule has 0 saturated heterocycles. The zero-order valence-electron chi connectivity index (χ0n) is 6.61. The summed E-state index contributed by atoms with van der Waals surface area (Å²) >= 11 is 0. The summed E-state index contributed by atoms with van der Waals surface area (Å²) in [5.74, 6) is -0.572. The van der Waals surface area contributed by atoms with Gasteiger partial charge in [-0.3, -0.25) is 0 Å². The molecule has 0 aliphatic carbocycles. The van der Waals surface area contributed by atoms with E-state index in [1.807, 2.05) is 0 Å². The number of phenols is 2. The Hall–Kier alpha value is -1.36. The normalized spacial score (nSPS) is 13.2. The summed E-state index contributed by atoms with van der Waals surface area (Å²) < 4.78 is 24.2. The first-order chi connectivity index (χ1) is 6.00. The van der Waals surface area contributed by atoms with E-state index in [0.29, 0.717) is 0 Å². The van der Waals surface area contributed by atoms with Crippen LogP contribution in [0.15, 0.2) is 18.2 Å². The Bertz CT molecular complexity index is 284. The van der Waals surface area contributed by atoms with Crippen LogP contribution in [0.25, 0.3) is 0 Å². The van der Waals surface area contributed by atoms with Crippen molar-refractivity contribution in [3.63, 3.8) is 0 Å². The molecule has 0 amide bonds. The van der Waals surface area contributed by atoms with Crippen molar-refractivity contribution in [3.05, 3.63) is 23.8 Å². The van der Waals surface area contributed by atoms with E-state index in [0.717, 1.165) is 18.2 Å². The Labute approximate surface area is 73.4 Å². The second-order valence-electron chi connectivity index (χ2n) is 2.64. The molecule has 0 heterocycles. The van der Waals surface area contributed by atoms with Crippen molar-refractivity contribution in [2.75, 3.05) is 0 Å². The average molecular weight is 189 g/mol. The first-order valence-electron chi connectivity index (χ1n) is 3.57. The molecule has 1 atom stereocenters. The highest BCUT2D eigenvalue weighted by atomic mass is 19.3. The minimum absolute atomic E-state index is 0.00694. The van der Waals surface area contributed by atoms with Crippen LogP contribution in [0, 0.1) is 0 Å². The minimum atomic E-state index is -2.72. The van der Waals surface area contributed by atoms with Crippen molar-refractivity contribution in [1.29, 1.82) is 0 Å². The SMILES string of the molecule is N[C@H](c1cc(O)cc(O)c1)C(F)F. The molecule has 72 valence electrons. The fourth-order valence-corrected chi connectivity index (χ4v) is 0.956. The van der Waals surface area contributed by atoms with Gasteiger partial charge in [0.2, 0.25) is 0 Å². The molecule has 0 aliphatic heterocycles. The lowest BCUT2D eigenvalue weighted by molar-refractivity contribution is 0.116. The van der Waals surface area contributed by atoms with Gasteiger partial charge in [0.05, 0.1) is 6.04 Å². The number of hydrogen-bond donors (Lipinski definition) is 3. The standard InChI is InChI=1S/C8H9F2NO2/c9-8(10)7(11)4-1-5(12)3-6(13)2-4/h1-3,7-8,12-13H,11H2/t7-/m1/s1. The molecule has 0 unspecified atom stereocenters. The van der Waals surface area contributed by atoms with Gasteiger partial charge in [-0.25, -0.2) is 8.78 Å². The minimum Gasteiger partial charge on any atom is -0.508 e. The van der Waals surface area contributed by atoms with Crippen molar-refractivity contribution >= 4 is 0 Å². The molecule has 4 N–H and O–H groups in total. The fourth-order valence-electron chi connectivity index (χ4n) is 0.956. The van der Waals surface area contributed by atoms with E-state index in [1.165, 1.54) is 0 Å². The van der Waals surface area contributed by atoms with E-state index in [-0.39, 0.29) is 17.1 Å². The molecule has 0 aromatic heterocycles. The number of phenolic OH excluding ortho intramolecular Hbond substituents is 2. The second-order valence-corrected chi connectivity index (χ2v) is 2.64. The second kappa shape index (κ2) is 3.57. The fraction of sp³-hybridized carbons (Fsp3) is 0.250. The van der Waals surface area contributed by atoms with Gasteiger partial charge in [-0.15, -0.1) is 0 Å². The lowest BCUT2D eigenvalue weighted by Gasteiger charge is -2.11. The van der Waals surface area contributed by atoms with Crippen LogP contribution in [-0.2, 0) is 0 Å². The summed E-state index contributed by atoms with van der Waals surface area (Å²) in [6, 6.07) is 1.74. The third-order valence-electron chi connectivity index (χ3n) is 1.58. The summed E-state index contributed by atoms with van der Waals surface area (Å²) in [5.41, 5.74) is 5.11. The molecule has 0 fully saturated rings. The molecule has 13 heavy (non-hydrogen) atoms. The van der Waals surface area contributed by atoms with Gasteiger partial charge in [0, 0.05) is 6.07 Å². The van der Waals surface area contributed by atoms with Crippen molar-refractivity contribution in [2.24, 2.45) is 5.73 Å². The van der Waals surface area contributed by atoms with E-state index in [9.17, 15) is 8.78 Å². The number of halogens is 2. The van der Waals surface area contributed by atoms with Crippen molar-refractivity contribution in [1.82, 2.24) is 0 Å². The molecular formula is C8H9F2NO2. The molecule has 0 aliphatic rings. The topological polar surface area (TPSA) is 66.5 Å². The number of nitrogens with two attached hydrogens (primary N) is 1. The lowest BCUT2D eigenvalue weighted by Crippen LogP contribution is -2.18. The smallest absolute Gasteiger partial charge is 0.257 e. The molecule has 1 rings (SSSR count). The van der Waals surface area contributed by atoms with Gasteiger partial charge in [0.15, 0.2) is 0 Å². The highest BCUT2D eigenvalue weighted by Crippen LogP contribution is 2.26. The molecule has 1 aromatic carbocycles. The van der Waals surface area contributed by atoms with E-state index < -0.39 is 12.5 Å². The van der Waals surface area contributed by atoms with Gasteiger partial charge in [-0.2, -0.15) is 0 Å². The quantitative estimate of drug-likeness (QED) is 0.658. The molecule has 0 spiro atoms. The molecule has 0 saturated carbocycles. The van der Waals surface area contributed by atoms with Crippen LogP contribution in [-0.4, -0.2) is 16.6 Å². The van der Waals surface area contributed by atoms with Crippen LogP contribution in [0.3, 0.4) is 0 Å². The molecule has 0 bridgehead atoms. The zero-order chi connectivity index (χ0) is 10.0. The molecule has 3 nitrogen and oxygen atoms in total. The zero-order valence-corrected chi connectivity index (χ0v) is 6.61. The van der Waals surface area contributed by atoms with Crippen LogP contribution in [0.5, 0.6) is 11.5 Å². The number of aromatic hydroxyl groups is 2. The number of benzene rings is 1. The summed E-state index contributed by atoms with van der Waals surface area (Å²) in [6.07, 6.45) is -2.72. The largest absolute Gasteiger partial charge is 0.508 e. The Morgan fingerprint density at radius 1 is 1.08 bits per heavy atom. The van der Waals surface area contributed by atoms with Crippen molar-refractivity contribution in [3.8, 4) is 11.5 Å². The van der Waals surface area contributed by atoms with E-state index in [1.54, 1.807) is 0 Å². The van der Waals surface area contributed by atoms with Crippen LogP contribution in [0.2, 0.25) is 0 Å². The number of alkyl halides is 2. The van der Waals surface area contributed by atoms with Crippen molar-refractivity contribution in [2.45, 2.75) is 12.5 Å². The summed E-state index contributed by atoms with van der Waals surface area (Å²) in [5, 5.41) is 17.9. The summed E-state index contributed by atoms with van der Waals surface area (Å²) in [7, 11) is 0. The highest BCUT2D eigenvalue weighted by molar-refractivity contribution is 5.38. The monoisotopic (exact) mass is 189 g/mol. The van der Waals surface area contributed by atoms with Crippen molar-refractivity contribution < 1.29 is 19.0 Å². The molecule has 0 radical (unpaired) electrons. The van der Waals surface area contributed by atoms with Gasteiger partial charge >= 0.3 is 0 Å². The van der Waals surface area contributed by atoms with Gasteiger partial charge in [-0.05, 0) is 17.7 Å². The van der Waals surface area contributed by atoms with Gasteiger partial charge < -0.3 is 15.9 Å². The molecule has 1 aromatic rings. The van der Waals surface area contributed by atoms with Crippen LogP contribution in [0.4, 0.5) is 8.78 Å². The van der Waals surface area contributed by atoms with E-state index >= 15 is 0 Å².